The SMILES string of the molecule is COc1ccccc1-c1noc(-c2cnn(C[C@@H](C)O[Si](C)(C)C(C)(C)C)c2C(F)(F)F)c1-c1ncccn1. The number of alkyl halides is 3. The van der Waals surface area contributed by atoms with Gasteiger partial charge in [-0.25, -0.2) is 9.97 Å². The van der Waals surface area contributed by atoms with Crippen molar-refractivity contribution in [3.05, 3.63) is 54.6 Å². The summed E-state index contributed by atoms with van der Waals surface area (Å²) in [5, 5.41) is 8.18. The molecule has 0 N–H and O–H groups in total. The Hall–Kier alpha value is -3.51. The lowest BCUT2D eigenvalue weighted by molar-refractivity contribution is -0.144. The van der Waals surface area contributed by atoms with Gasteiger partial charge in [0.05, 0.1) is 37.1 Å². The van der Waals surface area contributed by atoms with Crippen LogP contribution in [-0.2, 0) is 17.1 Å². The number of aromatic nitrogens is 5. The minimum Gasteiger partial charge on any atom is -0.496 e. The molecule has 0 saturated carbocycles. The second-order valence-corrected chi connectivity index (χ2v) is 15.5. The van der Waals surface area contributed by atoms with Gasteiger partial charge in [0, 0.05) is 18.0 Å². The molecule has 0 aliphatic rings. The van der Waals surface area contributed by atoms with Crippen LogP contribution in [0.25, 0.3) is 34.0 Å². The van der Waals surface area contributed by atoms with Gasteiger partial charge in [-0.15, -0.1) is 0 Å². The number of ether oxygens (including phenoxy) is 1. The van der Waals surface area contributed by atoms with Crippen molar-refractivity contribution in [2.75, 3.05) is 7.11 Å². The van der Waals surface area contributed by atoms with E-state index in [1.54, 1.807) is 37.3 Å². The van der Waals surface area contributed by atoms with E-state index in [4.69, 9.17) is 13.7 Å². The molecule has 4 rings (SSSR count). The summed E-state index contributed by atoms with van der Waals surface area (Å²) >= 11 is 0. The predicted octanol–water partition coefficient (Wildman–Crippen LogP) is 7.10. The van der Waals surface area contributed by atoms with Crippen LogP contribution < -0.4 is 4.74 Å². The van der Waals surface area contributed by atoms with Crippen molar-refractivity contribution < 1.29 is 26.9 Å². The Labute approximate surface area is 226 Å². The first kappa shape index (κ1) is 28.5. The summed E-state index contributed by atoms with van der Waals surface area (Å²) < 4.78 is 62.1. The van der Waals surface area contributed by atoms with Crippen molar-refractivity contribution >= 4 is 8.32 Å². The first-order valence-electron chi connectivity index (χ1n) is 12.5. The fraction of sp³-hybridized carbons (Fsp3) is 0.407. The minimum atomic E-state index is -4.74. The van der Waals surface area contributed by atoms with E-state index in [1.165, 1.54) is 19.5 Å². The van der Waals surface area contributed by atoms with Crippen LogP contribution in [0.5, 0.6) is 5.75 Å². The van der Waals surface area contributed by atoms with Gasteiger partial charge in [0.25, 0.3) is 0 Å². The van der Waals surface area contributed by atoms with E-state index in [9.17, 15) is 13.2 Å². The van der Waals surface area contributed by atoms with Gasteiger partial charge in [0.1, 0.15) is 11.4 Å². The molecule has 0 aliphatic carbocycles. The topological polar surface area (TPSA) is 88.1 Å². The van der Waals surface area contributed by atoms with Crippen LogP contribution in [0, 0.1) is 0 Å². The number of halogens is 3. The number of methoxy groups -OCH3 is 1. The van der Waals surface area contributed by atoms with Crippen LogP contribution in [0.15, 0.2) is 53.4 Å². The summed E-state index contributed by atoms with van der Waals surface area (Å²) in [5.74, 6) is 0.488. The van der Waals surface area contributed by atoms with Crippen LogP contribution in [-0.4, -0.2) is 46.4 Å². The fourth-order valence-electron chi connectivity index (χ4n) is 4.08. The monoisotopic (exact) mass is 559 g/mol. The maximum Gasteiger partial charge on any atom is 0.433 e. The van der Waals surface area contributed by atoms with Gasteiger partial charge in [0.15, 0.2) is 25.6 Å². The highest BCUT2D eigenvalue weighted by Crippen LogP contribution is 2.45. The fourth-order valence-corrected chi connectivity index (χ4v) is 5.52. The van der Waals surface area contributed by atoms with Crippen LogP contribution in [0.2, 0.25) is 18.1 Å². The summed E-state index contributed by atoms with van der Waals surface area (Å²) in [7, 11) is -0.720. The zero-order valence-electron chi connectivity index (χ0n) is 23.0. The Bertz CT molecular complexity index is 1430. The average Bonchev–Trinajstić information content (AvgIpc) is 3.47. The van der Waals surface area contributed by atoms with Crippen molar-refractivity contribution in [1.29, 1.82) is 0 Å². The molecule has 0 radical (unpaired) electrons. The quantitative estimate of drug-likeness (QED) is 0.213. The standard InChI is InChI=1S/C27H32F3N5O3Si/c1-17(38-39(6,7)26(2,3)4)16-35-24(27(28,29)30)19(15-33-35)23-21(25-31-13-10-14-32-25)22(34-37-23)18-11-8-9-12-20(18)36-5/h8-15,17H,16H2,1-7H3/t17-/m1/s1. The van der Waals surface area contributed by atoms with Crippen LogP contribution in [0.1, 0.15) is 33.4 Å². The molecular formula is C27H32F3N5O3Si. The molecule has 208 valence electrons. The van der Waals surface area contributed by atoms with Gasteiger partial charge in [-0.2, -0.15) is 18.3 Å². The summed E-state index contributed by atoms with van der Waals surface area (Å²) in [6.45, 7) is 12.0. The Kier molecular flexibility index (Phi) is 7.72. The summed E-state index contributed by atoms with van der Waals surface area (Å²) in [6, 6.07) is 8.62. The van der Waals surface area contributed by atoms with Crippen molar-refractivity contribution in [2.45, 2.75) is 64.7 Å². The van der Waals surface area contributed by atoms with Gasteiger partial charge in [-0.05, 0) is 43.3 Å². The van der Waals surface area contributed by atoms with Crippen molar-refractivity contribution in [3.8, 4) is 39.7 Å². The molecule has 0 unspecified atom stereocenters. The Balaban J connectivity index is 1.85. The van der Waals surface area contributed by atoms with Crippen molar-refractivity contribution in [1.82, 2.24) is 24.9 Å². The summed E-state index contributed by atoms with van der Waals surface area (Å²) in [4.78, 5) is 8.57. The maximum absolute atomic E-state index is 14.6. The molecule has 39 heavy (non-hydrogen) atoms. The van der Waals surface area contributed by atoms with Gasteiger partial charge in [-0.3, -0.25) is 4.68 Å². The molecule has 1 aromatic carbocycles. The molecule has 0 bridgehead atoms. The number of para-hydroxylation sites is 1. The van der Waals surface area contributed by atoms with Crippen molar-refractivity contribution in [3.63, 3.8) is 0 Å². The first-order chi connectivity index (χ1) is 18.2. The second-order valence-electron chi connectivity index (χ2n) is 10.8. The summed E-state index contributed by atoms with van der Waals surface area (Å²) in [6.07, 6.45) is -1.11. The molecule has 0 fully saturated rings. The molecule has 4 aromatic rings. The molecule has 3 aromatic heterocycles. The molecule has 0 aliphatic heterocycles. The smallest absolute Gasteiger partial charge is 0.433 e. The number of hydrogen-bond donors (Lipinski definition) is 0. The molecule has 8 nitrogen and oxygen atoms in total. The predicted molar refractivity (Wildman–Crippen MR) is 143 cm³/mol. The maximum atomic E-state index is 14.6. The normalized spacial score (nSPS) is 13.5. The third-order valence-corrected chi connectivity index (χ3v) is 11.5. The van der Waals surface area contributed by atoms with Gasteiger partial charge in [-0.1, -0.05) is 38.1 Å². The van der Waals surface area contributed by atoms with E-state index >= 15 is 0 Å². The first-order valence-corrected chi connectivity index (χ1v) is 15.4. The van der Waals surface area contributed by atoms with Crippen molar-refractivity contribution in [2.24, 2.45) is 0 Å². The van der Waals surface area contributed by atoms with E-state index in [0.717, 1.165) is 10.9 Å². The highest BCUT2D eigenvalue weighted by Gasteiger charge is 2.42. The molecule has 0 amide bonds. The van der Waals surface area contributed by atoms with Gasteiger partial charge >= 0.3 is 6.18 Å². The molecule has 0 spiro atoms. The van der Waals surface area contributed by atoms with Crippen LogP contribution >= 0.6 is 0 Å². The lowest BCUT2D eigenvalue weighted by atomic mass is 10.0. The van der Waals surface area contributed by atoms with E-state index in [1.807, 2.05) is 0 Å². The Morgan fingerprint density at radius 2 is 1.69 bits per heavy atom. The van der Waals surface area contributed by atoms with E-state index in [2.05, 4.69) is 54.1 Å². The average molecular weight is 560 g/mol. The number of rotatable bonds is 8. The van der Waals surface area contributed by atoms with Gasteiger partial charge < -0.3 is 13.7 Å². The largest absolute Gasteiger partial charge is 0.496 e. The Morgan fingerprint density at radius 1 is 1.03 bits per heavy atom. The number of hydrogen-bond acceptors (Lipinski definition) is 7. The molecule has 3 heterocycles. The Morgan fingerprint density at radius 3 is 2.31 bits per heavy atom. The van der Waals surface area contributed by atoms with Crippen LogP contribution in [0.3, 0.4) is 0 Å². The lowest BCUT2D eigenvalue weighted by Crippen LogP contribution is -2.44. The summed E-state index contributed by atoms with van der Waals surface area (Å²) in [5.41, 5.74) is -0.249. The molecule has 0 saturated heterocycles. The minimum absolute atomic E-state index is 0.0912. The molecule has 1 atom stereocenters. The highest BCUT2D eigenvalue weighted by molar-refractivity contribution is 6.74. The van der Waals surface area contributed by atoms with Gasteiger partial charge in [0.2, 0.25) is 0 Å². The molecular weight excluding hydrogens is 527 g/mol. The van der Waals surface area contributed by atoms with Crippen LogP contribution in [0.4, 0.5) is 13.2 Å². The highest BCUT2D eigenvalue weighted by atomic mass is 28.4. The third-order valence-electron chi connectivity index (χ3n) is 6.93. The molecule has 12 heteroatoms. The van der Waals surface area contributed by atoms with E-state index in [0.29, 0.717) is 11.3 Å². The third kappa shape index (κ3) is 5.76. The zero-order chi connectivity index (χ0) is 28.6. The van der Waals surface area contributed by atoms with E-state index in [-0.39, 0.29) is 40.0 Å². The zero-order valence-corrected chi connectivity index (χ0v) is 24.0. The lowest BCUT2D eigenvalue weighted by Gasteiger charge is -2.38. The van der Waals surface area contributed by atoms with E-state index < -0.39 is 26.3 Å². The second kappa shape index (κ2) is 10.6. The number of benzene rings is 1. The number of nitrogens with zero attached hydrogens (tertiary/aromatic N) is 5.